The second-order valence-corrected chi connectivity index (χ2v) is 4.97. The zero-order valence-electron chi connectivity index (χ0n) is 7.68. The molecule has 1 N–H and O–H groups in total. The summed E-state index contributed by atoms with van der Waals surface area (Å²) in [5.41, 5.74) is 0.378. The summed E-state index contributed by atoms with van der Waals surface area (Å²) in [5.74, 6) is -0.904. The van der Waals surface area contributed by atoms with E-state index in [1.165, 1.54) is 12.1 Å². The zero-order valence-corrected chi connectivity index (χ0v) is 9.25. The first-order valence-electron chi connectivity index (χ1n) is 4.12. The number of Topliss-reactive ketones (excluding diaryl/α,β-unsaturated/α-hetero) is 1. The molecule has 0 bridgehead atoms. The van der Waals surface area contributed by atoms with Crippen molar-refractivity contribution in [2.75, 3.05) is 5.75 Å². The maximum Gasteiger partial charge on any atom is 0.265 e. The summed E-state index contributed by atoms with van der Waals surface area (Å²) < 4.78 is 29.3. The number of benzene rings is 1. The lowest BCUT2D eigenvalue weighted by Crippen LogP contribution is -2.09. The summed E-state index contributed by atoms with van der Waals surface area (Å²) in [5, 5.41) is 0.501. The van der Waals surface area contributed by atoms with Crippen molar-refractivity contribution in [3.8, 4) is 0 Å². The van der Waals surface area contributed by atoms with Crippen molar-refractivity contribution >= 4 is 27.5 Å². The number of hydrogen-bond acceptors (Lipinski definition) is 3. The summed E-state index contributed by atoms with van der Waals surface area (Å²) in [6.07, 6.45) is -0.236. The van der Waals surface area contributed by atoms with Crippen molar-refractivity contribution in [3.63, 3.8) is 0 Å². The Kier molecular flexibility index (Phi) is 3.84. The van der Waals surface area contributed by atoms with Gasteiger partial charge in [0.15, 0.2) is 5.78 Å². The lowest BCUT2D eigenvalue weighted by Gasteiger charge is -1.99. The number of ketones is 1. The fourth-order valence-corrected chi connectivity index (χ4v) is 1.57. The van der Waals surface area contributed by atoms with Crippen LogP contribution in [0.15, 0.2) is 24.3 Å². The van der Waals surface area contributed by atoms with Gasteiger partial charge in [0.1, 0.15) is 0 Å². The molecule has 4 nitrogen and oxygen atoms in total. The molecule has 0 amide bonds. The van der Waals surface area contributed by atoms with Crippen LogP contribution in [0.3, 0.4) is 0 Å². The first kappa shape index (κ1) is 12.2. The van der Waals surface area contributed by atoms with Gasteiger partial charge < -0.3 is 0 Å². The van der Waals surface area contributed by atoms with Gasteiger partial charge in [-0.3, -0.25) is 9.35 Å². The third-order valence-electron chi connectivity index (χ3n) is 1.75. The van der Waals surface area contributed by atoms with Crippen molar-refractivity contribution in [1.82, 2.24) is 0 Å². The number of halogens is 1. The molecular formula is C9H9ClO4S. The van der Waals surface area contributed by atoms with Crippen LogP contribution in [0.1, 0.15) is 16.8 Å². The highest BCUT2D eigenvalue weighted by molar-refractivity contribution is 7.85. The van der Waals surface area contributed by atoms with Gasteiger partial charge in [-0.2, -0.15) is 8.42 Å². The van der Waals surface area contributed by atoms with E-state index in [0.29, 0.717) is 10.6 Å². The fourth-order valence-electron chi connectivity index (χ4n) is 1.00. The lowest BCUT2D eigenvalue weighted by molar-refractivity contribution is 0.0988. The van der Waals surface area contributed by atoms with E-state index in [2.05, 4.69) is 0 Å². The van der Waals surface area contributed by atoms with Crippen LogP contribution in [0, 0.1) is 0 Å². The minimum absolute atomic E-state index is 0.236. The summed E-state index contributed by atoms with van der Waals surface area (Å²) in [6.45, 7) is 0. The zero-order chi connectivity index (χ0) is 11.5. The monoisotopic (exact) mass is 248 g/mol. The van der Waals surface area contributed by atoms with E-state index in [9.17, 15) is 13.2 Å². The van der Waals surface area contributed by atoms with Crippen molar-refractivity contribution in [3.05, 3.63) is 34.9 Å². The van der Waals surface area contributed by atoms with Crippen LogP contribution in [0.4, 0.5) is 0 Å². The Bertz CT molecular complexity index is 450. The van der Waals surface area contributed by atoms with Crippen molar-refractivity contribution in [1.29, 1.82) is 0 Å². The first-order valence-corrected chi connectivity index (χ1v) is 6.11. The third-order valence-corrected chi connectivity index (χ3v) is 2.73. The molecule has 0 atom stereocenters. The van der Waals surface area contributed by atoms with Gasteiger partial charge in [-0.25, -0.2) is 0 Å². The largest absolute Gasteiger partial charge is 0.294 e. The molecule has 0 unspecified atom stereocenters. The highest BCUT2D eigenvalue weighted by atomic mass is 35.5. The van der Waals surface area contributed by atoms with E-state index in [0.717, 1.165) is 0 Å². The summed E-state index contributed by atoms with van der Waals surface area (Å²) in [4.78, 5) is 11.4. The maximum atomic E-state index is 11.4. The van der Waals surface area contributed by atoms with Gasteiger partial charge >= 0.3 is 0 Å². The fraction of sp³-hybridized carbons (Fsp3) is 0.222. The van der Waals surface area contributed by atoms with Gasteiger partial charge in [0.2, 0.25) is 0 Å². The average Bonchev–Trinajstić information content (AvgIpc) is 2.14. The van der Waals surface area contributed by atoms with E-state index in [1.54, 1.807) is 12.1 Å². The molecule has 0 spiro atoms. The minimum atomic E-state index is -4.08. The Hall–Kier alpha value is -0.910. The predicted octanol–water partition coefficient (Wildman–Crippen LogP) is 1.80. The minimum Gasteiger partial charge on any atom is -0.294 e. The molecule has 0 aliphatic heterocycles. The molecule has 1 rings (SSSR count). The maximum absolute atomic E-state index is 11.4. The molecule has 6 heteroatoms. The van der Waals surface area contributed by atoms with Gasteiger partial charge in [-0.1, -0.05) is 11.6 Å². The number of hydrogen-bond donors (Lipinski definition) is 1. The van der Waals surface area contributed by atoms with E-state index >= 15 is 0 Å². The second-order valence-electron chi connectivity index (χ2n) is 2.97. The van der Waals surface area contributed by atoms with Crippen molar-refractivity contribution < 1.29 is 17.8 Å². The molecule has 0 aliphatic carbocycles. The smallest absolute Gasteiger partial charge is 0.265 e. The summed E-state index contributed by atoms with van der Waals surface area (Å²) in [7, 11) is -4.08. The Morgan fingerprint density at radius 1 is 1.27 bits per heavy atom. The van der Waals surface area contributed by atoms with E-state index in [1.807, 2.05) is 0 Å². The molecule has 0 fully saturated rings. The Morgan fingerprint density at radius 2 is 1.80 bits per heavy atom. The molecule has 0 saturated heterocycles. The molecule has 82 valence electrons. The first-order chi connectivity index (χ1) is 6.88. The number of carbonyl (C=O) groups excluding carboxylic acids is 1. The Morgan fingerprint density at radius 3 is 2.27 bits per heavy atom. The van der Waals surface area contributed by atoms with Crippen molar-refractivity contribution in [2.24, 2.45) is 0 Å². The SMILES string of the molecule is O=C(CCS(=O)(=O)O)c1ccc(Cl)cc1. The second kappa shape index (κ2) is 4.74. The van der Waals surface area contributed by atoms with Crippen LogP contribution in [-0.4, -0.2) is 24.5 Å². The highest BCUT2D eigenvalue weighted by Crippen LogP contribution is 2.11. The highest BCUT2D eigenvalue weighted by Gasteiger charge is 2.11. The van der Waals surface area contributed by atoms with Crippen LogP contribution in [-0.2, 0) is 10.1 Å². The van der Waals surface area contributed by atoms with Gasteiger partial charge in [-0.05, 0) is 24.3 Å². The van der Waals surface area contributed by atoms with Crippen LogP contribution >= 0.6 is 11.6 Å². The Balaban J connectivity index is 2.66. The quantitative estimate of drug-likeness (QED) is 0.652. The topological polar surface area (TPSA) is 71.4 Å². The molecule has 0 heterocycles. The van der Waals surface area contributed by atoms with Crippen LogP contribution in [0.5, 0.6) is 0 Å². The average molecular weight is 249 g/mol. The molecular weight excluding hydrogens is 240 g/mol. The van der Waals surface area contributed by atoms with Gasteiger partial charge in [0, 0.05) is 17.0 Å². The van der Waals surface area contributed by atoms with Crippen LogP contribution in [0.2, 0.25) is 5.02 Å². The summed E-state index contributed by atoms with van der Waals surface area (Å²) in [6, 6.07) is 6.10. The lowest BCUT2D eigenvalue weighted by atomic mass is 10.1. The number of carbonyl (C=O) groups is 1. The number of rotatable bonds is 4. The standard InChI is InChI=1S/C9H9ClO4S/c10-8-3-1-7(2-4-8)9(11)5-6-15(12,13)14/h1-4H,5-6H2,(H,12,13,14). The van der Waals surface area contributed by atoms with E-state index < -0.39 is 15.9 Å². The molecule has 15 heavy (non-hydrogen) atoms. The van der Waals surface area contributed by atoms with E-state index in [4.69, 9.17) is 16.2 Å². The van der Waals surface area contributed by atoms with Gasteiger partial charge in [-0.15, -0.1) is 0 Å². The van der Waals surface area contributed by atoms with Crippen LogP contribution < -0.4 is 0 Å². The molecule has 1 aromatic rings. The molecule has 0 radical (unpaired) electrons. The molecule has 1 aromatic carbocycles. The van der Waals surface area contributed by atoms with Crippen molar-refractivity contribution in [2.45, 2.75) is 6.42 Å². The normalized spacial score (nSPS) is 11.3. The van der Waals surface area contributed by atoms with Gasteiger partial charge in [0.25, 0.3) is 10.1 Å². The van der Waals surface area contributed by atoms with Crippen LogP contribution in [0.25, 0.3) is 0 Å². The third kappa shape index (κ3) is 4.42. The Labute approximate surface area is 92.6 Å². The van der Waals surface area contributed by atoms with E-state index in [-0.39, 0.29) is 12.2 Å². The predicted molar refractivity (Wildman–Crippen MR) is 56.8 cm³/mol. The summed E-state index contributed by atoms with van der Waals surface area (Å²) >= 11 is 5.62. The molecule has 0 aromatic heterocycles. The molecule has 0 aliphatic rings. The van der Waals surface area contributed by atoms with Gasteiger partial charge in [0.05, 0.1) is 5.75 Å². The molecule has 0 saturated carbocycles.